The molecule has 29 heavy (non-hydrogen) atoms. The first-order chi connectivity index (χ1) is 14.3. The van der Waals surface area contributed by atoms with Crippen molar-refractivity contribution in [3.63, 3.8) is 0 Å². The zero-order valence-corrected chi connectivity index (χ0v) is 15.8. The van der Waals surface area contributed by atoms with Gasteiger partial charge in [-0.1, -0.05) is 60.7 Å². The van der Waals surface area contributed by atoms with Gasteiger partial charge >= 0.3 is 6.03 Å². The predicted molar refractivity (Wildman–Crippen MR) is 113 cm³/mol. The normalized spacial score (nSPS) is 10.5. The summed E-state index contributed by atoms with van der Waals surface area (Å²) in [4.78, 5) is 19.4. The molecular weight excluding hydrogens is 362 g/mol. The van der Waals surface area contributed by atoms with Gasteiger partial charge in [-0.3, -0.25) is 0 Å². The SMILES string of the molecule is O=C(Nc1cccnc1-n1cccn1)N(Cc1ccccc1)Cc1ccccc1. The van der Waals surface area contributed by atoms with E-state index in [0.717, 1.165) is 11.1 Å². The lowest BCUT2D eigenvalue weighted by Crippen LogP contribution is -2.34. The van der Waals surface area contributed by atoms with Crippen LogP contribution in [-0.4, -0.2) is 25.7 Å². The van der Waals surface area contributed by atoms with Crippen LogP contribution < -0.4 is 5.32 Å². The van der Waals surface area contributed by atoms with Gasteiger partial charge in [0.1, 0.15) is 0 Å². The summed E-state index contributed by atoms with van der Waals surface area (Å²) in [7, 11) is 0. The number of rotatable bonds is 6. The molecule has 0 bridgehead atoms. The van der Waals surface area contributed by atoms with Gasteiger partial charge in [-0.15, -0.1) is 0 Å². The van der Waals surface area contributed by atoms with Crippen LogP contribution in [0.1, 0.15) is 11.1 Å². The van der Waals surface area contributed by atoms with Crippen LogP contribution in [0.3, 0.4) is 0 Å². The summed E-state index contributed by atoms with van der Waals surface area (Å²) in [5, 5.41) is 7.23. The van der Waals surface area contributed by atoms with Crippen LogP contribution in [-0.2, 0) is 13.1 Å². The molecule has 4 aromatic rings. The van der Waals surface area contributed by atoms with Gasteiger partial charge in [-0.25, -0.2) is 14.5 Å². The maximum Gasteiger partial charge on any atom is 0.322 e. The molecule has 6 heteroatoms. The molecule has 1 N–H and O–H groups in total. The lowest BCUT2D eigenvalue weighted by atomic mass is 10.2. The van der Waals surface area contributed by atoms with E-state index < -0.39 is 0 Å². The van der Waals surface area contributed by atoms with Gasteiger partial charge in [-0.2, -0.15) is 5.10 Å². The van der Waals surface area contributed by atoms with Crippen LogP contribution in [0.15, 0.2) is 97.5 Å². The Hall–Kier alpha value is -3.93. The molecule has 0 spiro atoms. The second kappa shape index (κ2) is 8.84. The molecule has 6 nitrogen and oxygen atoms in total. The zero-order valence-electron chi connectivity index (χ0n) is 15.8. The number of nitrogens with one attached hydrogen (secondary N) is 1. The first-order valence-electron chi connectivity index (χ1n) is 9.38. The minimum absolute atomic E-state index is 0.195. The van der Waals surface area contributed by atoms with Crippen LogP contribution in [0.5, 0.6) is 0 Å². The summed E-state index contributed by atoms with van der Waals surface area (Å²) >= 11 is 0. The number of benzene rings is 2. The fourth-order valence-corrected chi connectivity index (χ4v) is 3.07. The number of aromatic nitrogens is 3. The molecule has 0 saturated heterocycles. The number of carbonyl (C=O) groups excluding carboxylic acids is 1. The lowest BCUT2D eigenvalue weighted by Gasteiger charge is -2.24. The zero-order chi connectivity index (χ0) is 19.9. The average Bonchev–Trinajstić information content (AvgIpc) is 3.30. The van der Waals surface area contributed by atoms with Crippen molar-refractivity contribution in [1.82, 2.24) is 19.7 Å². The monoisotopic (exact) mass is 383 g/mol. The Bertz CT molecular complexity index is 1010. The molecule has 0 aliphatic carbocycles. The van der Waals surface area contributed by atoms with Crippen LogP contribution in [0, 0.1) is 0 Å². The van der Waals surface area contributed by atoms with Gasteiger partial charge in [0.25, 0.3) is 0 Å². The summed E-state index contributed by atoms with van der Waals surface area (Å²) < 4.78 is 1.63. The van der Waals surface area contributed by atoms with Gasteiger partial charge in [-0.05, 0) is 29.3 Å². The fraction of sp³-hybridized carbons (Fsp3) is 0.0870. The highest BCUT2D eigenvalue weighted by atomic mass is 16.2. The number of hydrogen-bond acceptors (Lipinski definition) is 3. The molecular formula is C23H21N5O. The van der Waals surface area contributed by atoms with Crippen molar-refractivity contribution in [2.75, 3.05) is 5.32 Å². The van der Waals surface area contributed by atoms with E-state index in [1.807, 2.05) is 72.8 Å². The predicted octanol–water partition coefficient (Wildman–Crippen LogP) is 4.50. The van der Waals surface area contributed by atoms with Crippen molar-refractivity contribution in [3.05, 3.63) is 109 Å². The molecule has 2 aromatic carbocycles. The lowest BCUT2D eigenvalue weighted by molar-refractivity contribution is 0.206. The minimum Gasteiger partial charge on any atom is -0.316 e. The first-order valence-corrected chi connectivity index (χ1v) is 9.38. The molecule has 2 amide bonds. The summed E-state index contributed by atoms with van der Waals surface area (Å²) in [6.45, 7) is 0.998. The Morgan fingerprint density at radius 3 is 2.07 bits per heavy atom. The third-order valence-electron chi connectivity index (χ3n) is 4.47. The highest BCUT2D eigenvalue weighted by molar-refractivity contribution is 5.91. The molecule has 2 aromatic heterocycles. The number of hydrogen-bond donors (Lipinski definition) is 1. The first kappa shape index (κ1) is 18.4. The van der Waals surface area contributed by atoms with Crippen LogP contribution in [0.2, 0.25) is 0 Å². The minimum atomic E-state index is -0.195. The van der Waals surface area contributed by atoms with Crippen LogP contribution in [0.4, 0.5) is 10.5 Å². The fourth-order valence-electron chi connectivity index (χ4n) is 3.07. The van der Waals surface area contributed by atoms with E-state index in [1.54, 1.807) is 34.2 Å². The van der Waals surface area contributed by atoms with Crippen LogP contribution >= 0.6 is 0 Å². The number of anilines is 1. The summed E-state index contributed by atoms with van der Waals surface area (Å²) in [5.74, 6) is 0.574. The highest BCUT2D eigenvalue weighted by Gasteiger charge is 2.17. The molecule has 2 heterocycles. The Morgan fingerprint density at radius 1 is 0.828 bits per heavy atom. The Morgan fingerprint density at radius 2 is 1.48 bits per heavy atom. The smallest absolute Gasteiger partial charge is 0.316 e. The van der Waals surface area contributed by atoms with Crippen molar-refractivity contribution in [2.24, 2.45) is 0 Å². The Kier molecular flexibility index (Phi) is 5.62. The molecule has 0 atom stereocenters. The van der Waals surface area contributed by atoms with E-state index in [1.165, 1.54) is 0 Å². The molecule has 0 unspecified atom stereocenters. The maximum atomic E-state index is 13.2. The second-order valence-corrected chi connectivity index (χ2v) is 6.58. The van der Waals surface area contributed by atoms with E-state index in [0.29, 0.717) is 24.6 Å². The van der Waals surface area contributed by atoms with Crippen molar-refractivity contribution in [3.8, 4) is 5.82 Å². The van der Waals surface area contributed by atoms with Gasteiger partial charge in [0, 0.05) is 31.7 Å². The molecule has 0 fully saturated rings. The van der Waals surface area contributed by atoms with E-state index in [9.17, 15) is 4.79 Å². The standard InChI is InChI=1S/C23H21N5O/c29-23(26-21-13-7-14-24-22(21)28-16-8-15-25-28)27(17-19-9-3-1-4-10-19)18-20-11-5-2-6-12-20/h1-16H,17-18H2,(H,26,29). The summed E-state index contributed by atoms with van der Waals surface area (Å²) in [6.07, 6.45) is 5.15. The van der Waals surface area contributed by atoms with Gasteiger partial charge in [0.15, 0.2) is 5.82 Å². The molecule has 144 valence electrons. The summed E-state index contributed by atoms with van der Waals surface area (Å²) in [5.41, 5.74) is 2.74. The number of nitrogens with zero attached hydrogens (tertiary/aromatic N) is 4. The molecule has 0 aliphatic heterocycles. The number of urea groups is 1. The van der Waals surface area contributed by atoms with Crippen molar-refractivity contribution in [2.45, 2.75) is 13.1 Å². The van der Waals surface area contributed by atoms with Gasteiger partial charge < -0.3 is 10.2 Å². The van der Waals surface area contributed by atoms with Crippen molar-refractivity contribution in [1.29, 1.82) is 0 Å². The van der Waals surface area contributed by atoms with E-state index >= 15 is 0 Å². The molecule has 0 saturated carbocycles. The number of pyridine rings is 1. The van der Waals surface area contributed by atoms with E-state index in [-0.39, 0.29) is 6.03 Å². The number of amides is 2. The van der Waals surface area contributed by atoms with Gasteiger partial charge in [0.05, 0.1) is 5.69 Å². The van der Waals surface area contributed by atoms with E-state index in [4.69, 9.17) is 0 Å². The molecule has 4 rings (SSSR count). The highest BCUT2D eigenvalue weighted by Crippen LogP contribution is 2.18. The third-order valence-corrected chi connectivity index (χ3v) is 4.47. The quantitative estimate of drug-likeness (QED) is 0.533. The topological polar surface area (TPSA) is 63.1 Å². The summed E-state index contributed by atoms with van der Waals surface area (Å²) in [6, 6.07) is 25.2. The van der Waals surface area contributed by atoms with Crippen LogP contribution in [0.25, 0.3) is 5.82 Å². The van der Waals surface area contributed by atoms with Crippen molar-refractivity contribution >= 4 is 11.7 Å². The number of carbonyl (C=O) groups is 1. The second-order valence-electron chi connectivity index (χ2n) is 6.58. The van der Waals surface area contributed by atoms with Gasteiger partial charge in [0.2, 0.25) is 0 Å². The molecule has 0 aliphatic rings. The Balaban J connectivity index is 1.58. The Labute approximate surface area is 169 Å². The third kappa shape index (κ3) is 4.68. The van der Waals surface area contributed by atoms with E-state index in [2.05, 4.69) is 15.4 Å². The van der Waals surface area contributed by atoms with Crippen molar-refractivity contribution < 1.29 is 4.79 Å². The average molecular weight is 383 g/mol. The molecule has 0 radical (unpaired) electrons. The largest absolute Gasteiger partial charge is 0.322 e. The maximum absolute atomic E-state index is 13.2.